The third-order valence-electron chi connectivity index (χ3n) is 3.84. The number of unbranched alkanes of at least 4 members (excludes halogenated alkanes) is 1. The fourth-order valence-electron chi connectivity index (χ4n) is 2.31. The van der Waals surface area contributed by atoms with E-state index in [1.165, 1.54) is 0 Å². The summed E-state index contributed by atoms with van der Waals surface area (Å²) in [5, 5.41) is 8.37. The molecule has 1 aromatic rings. The van der Waals surface area contributed by atoms with Crippen molar-refractivity contribution in [3.8, 4) is 0 Å². The lowest BCUT2D eigenvalue weighted by atomic mass is 9.93. The zero-order chi connectivity index (χ0) is 14.8. The molecule has 1 aliphatic carbocycles. The van der Waals surface area contributed by atoms with Crippen LogP contribution in [0.2, 0.25) is 5.02 Å². The fraction of sp³-hybridized carbons (Fsp3) is 0.714. The largest absolute Gasteiger partial charge is 0.368 e. The first-order valence-corrected chi connectivity index (χ1v) is 7.56. The molecule has 0 saturated heterocycles. The molecule has 0 aliphatic heterocycles. The molecule has 112 valence electrons. The highest BCUT2D eigenvalue weighted by atomic mass is 35.5. The van der Waals surface area contributed by atoms with Crippen LogP contribution in [0.4, 0.5) is 0 Å². The van der Waals surface area contributed by atoms with Crippen molar-refractivity contribution in [2.75, 3.05) is 0 Å². The summed E-state index contributed by atoms with van der Waals surface area (Å²) in [6, 6.07) is 0.472. The van der Waals surface area contributed by atoms with Crippen molar-refractivity contribution in [2.45, 2.75) is 64.1 Å². The minimum atomic E-state index is -0.584. The summed E-state index contributed by atoms with van der Waals surface area (Å²) in [6.07, 6.45) is 6.77. The molecule has 0 aromatic carbocycles. The Kier molecular flexibility index (Phi) is 4.70. The standard InChI is InChI=1S/C14H23ClN4O/c1-10-12(15)9-19(18-10)8-4-3-7-14(2,13(16)20)17-11-5-6-11/h9,11,17H,3-8H2,1-2H3,(H2,16,20). The van der Waals surface area contributed by atoms with E-state index in [1.54, 1.807) is 0 Å². The molecule has 0 bridgehead atoms. The Morgan fingerprint density at radius 1 is 1.60 bits per heavy atom. The van der Waals surface area contributed by atoms with Crippen LogP contribution in [0.15, 0.2) is 6.20 Å². The summed E-state index contributed by atoms with van der Waals surface area (Å²) >= 11 is 5.97. The van der Waals surface area contributed by atoms with Gasteiger partial charge in [-0.1, -0.05) is 11.6 Å². The quantitative estimate of drug-likeness (QED) is 0.721. The summed E-state index contributed by atoms with van der Waals surface area (Å²) in [6.45, 7) is 4.61. The van der Waals surface area contributed by atoms with Crippen molar-refractivity contribution in [2.24, 2.45) is 5.73 Å². The lowest BCUT2D eigenvalue weighted by molar-refractivity contribution is -0.124. The minimum absolute atomic E-state index is 0.262. The molecule has 1 unspecified atom stereocenters. The van der Waals surface area contributed by atoms with Crippen molar-refractivity contribution in [1.29, 1.82) is 0 Å². The van der Waals surface area contributed by atoms with Crippen molar-refractivity contribution < 1.29 is 4.79 Å². The van der Waals surface area contributed by atoms with Crippen LogP contribution >= 0.6 is 11.6 Å². The maximum Gasteiger partial charge on any atom is 0.237 e. The molecule has 2 rings (SSSR count). The zero-order valence-corrected chi connectivity index (χ0v) is 12.9. The zero-order valence-electron chi connectivity index (χ0n) is 12.2. The SMILES string of the molecule is Cc1nn(CCCCC(C)(NC2CC2)C(N)=O)cc1Cl. The first kappa shape index (κ1) is 15.3. The van der Waals surface area contributed by atoms with E-state index >= 15 is 0 Å². The van der Waals surface area contributed by atoms with Crippen molar-refractivity contribution in [3.05, 3.63) is 16.9 Å². The molecule has 1 fully saturated rings. The van der Waals surface area contributed by atoms with Gasteiger partial charge in [0.05, 0.1) is 16.3 Å². The number of hydrogen-bond acceptors (Lipinski definition) is 3. The van der Waals surface area contributed by atoms with Crippen LogP contribution < -0.4 is 11.1 Å². The average molecular weight is 299 g/mol. The van der Waals surface area contributed by atoms with Gasteiger partial charge in [-0.3, -0.25) is 9.48 Å². The van der Waals surface area contributed by atoms with E-state index in [4.69, 9.17) is 17.3 Å². The predicted molar refractivity (Wildman–Crippen MR) is 79.6 cm³/mol. The molecular weight excluding hydrogens is 276 g/mol. The number of nitrogens with zero attached hydrogens (tertiary/aromatic N) is 2. The summed E-state index contributed by atoms with van der Waals surface area (Å²) in [5.74, 6) is -0.262. The monoisotopic (exact) mass is 298 g/mol. The molecule has 5 nitrogen and oxygen atoms in total. The Balaban J connectivity index is 1.76. The lowest BCUT2D eigenvalue weighted by Crippen LogP contribution is -2.53. The first-order chi connectivity index (χ1) is 9.40. The first-order valence-electron chi connectivity index (χ1n) is 7.18. The molecule has 1 atom stereocenters. The van der Waals surface area contributed by atoms with Crippen molar-refractivity contribution in [1.82, 2.24) is 15.1 Å². The van der Waals surface area contributed by atoms with E-state index in [0.29, 0.717) is 11.1 Å². The maximum atomic E-state index is 11.6. The Bertz CT molecular complexity index is 464. The van der Waals surface area contributed by atoms with Gasteiger partial charge in [-0.15, -0.1) is 0 Å². The number of halogens is 1. The van der Waals surface area contributed by atoms with Crippen molar-refractivity contribution >= 4 is 17.5 Å². The van der Waals surface area contributed by atoms with Gasteiger partial charge in [-0.2, -0.15) is 5.10 Å². The van der Waals surface area contributed by atoms with Gasteiger partial charge in [-0.25, -0.2) is 0 Å². The molecule has 0 radical (unpaired) electrons. The van der Waals surface area contributed by atoms with E-state index in [1.807, 2.05) is 24.7 Å². The highest BCUT2D eigenvalue weighted by Crippen LogP contribution is 2.25. The number of nitrogens with one attached hydrogen (secondary N) is 1. The smallest absolute Gasteiger partial charge is 0.237 e. The fourth-order valence-corrected chi connectivity index (χ4v) is 2.46. The molecule has 0 spiro atoms. The van der Waals surface area contributed by atoms with Crippen LogP contribution in [-0.4, -0.2) is 27.3 Å². The predicted octanol–water partition coefficient (Wildman–Crippen LogP) is 2.01. The summed E-state index contributed by atoms with van der Waals surface area (Å²) < 4.78 is 1.85. The normalized spacial score (nSPS) is 17.9. The van der Waals surface area contributed by atoms with Gasteiger partial charge in [0.25, 0.3) is 0 Å². The number of aryl methyl sites for hydroxylation is 2. The van der Waals surface area contributed by atoms with Crippen LogP contribution in [0.5, 0.6) is 0 Å². The molecular formula is C14H23ClN4O. The number of hydrogen-bond donors (Lipinski definition) is 2. The van der Waals surface area contributed by atoms with E-state index in [9.17, 15) is 4.79 Å². The number of aromatic nitrogens is 2. The Hall–Kier alpha value is -1.07. The van der Waals surface area contributed by atoms with Crippen LogP contribution in [0.25, 0.3) is 0 Å². The van der Waals surface area contributed by atoms with Crippen LogP contribution in [0.1, 0.15) is 44.7 Å². The molecule has 1 heterocycles. The van der Waals surface area contributed by atoms with Crippen molar-refractivity contribution in [3.63, 3.8) is 0 Å². The highest BCUT2D eigenvalue weighted by molar-refractivity contribution is 6.31. The maximum absolute atomic E-state index is 11.6. The second-order valence-electron chi connectivity index (χ2n) is 5.90. The molecule has 1 amide bonds. The van der Waals surface area contributed by atoms with Gasteiger partial charge in [0.1, 0.15) is 0 Å². The van der Waals surface area contributed by atoms with Crippen LogP contribution in [0, 0.1) is 6.92 Å². The van der Waals surface area contributed by atoms with Gasteiger partial charge in [0.15, 0.2) is 0 Å². The van der Waals surface area contributed by atoms with Crippen LogP contribution in [-0.2, 0) is 11.3 Å². The lowest BCUT2D eigenvalue weighted by Gasteiger charge is -2.27. The number of rotatable bonds is 8. The highest BCUT2D eigenvalue weighted by Gasteiger charge is 2.36. The van der Waals surface area contributed by atoms with Crippen LogP contribution in [0.3, 0.4) is 0 Å². The van der Waals surface area contributed by atoms with Gasteiger partial charge >= 0.3 is 0 Å². The summed E-state index contributed by atoms with van der Waals surface area (Å²) in [4.78, 5) is 11.6. The van der Waals surface area contributed by atoms with E-state index in [0.717, 1.165) is 44.3 Å². The van der Waals surface area contributed by atoms with Gasteiger partial charge in [0.2, 0.25) is 5.91 Å². The third-order valence-corrected chi connectivity index (χ3v) is 4.22. The summed E-state index contributed by atoms with van der Waals surface area (Å²) in [7, 11) is 0. The van der Waals surface area contributed by atoms with Gasteiger partial charge in [-0.05, 0) is 46.0 Å². The number of nitrogens with two attached hydrogens (primary N) is 1. The number of carbonyl (C=O) groups excluding carboxylic acids is 1. The number of amides is 1. The van der Waals surface area contributed by atoms with Gasteiger partial charge in [0, 0.05) is 18.8 Å². The molecule has 20 heavy (non-hydrogen) atoms. The summed E-state index contributed by atoms with van der Waals surface area (Å²) in [5.41, 5.74) is 5.79. The Labute approximate surface area is 124 Å². The molecule has 1 aromatic heterocycles. The van der Waals surface area contributed by atoms with E-state index in [2.05, 4.69) is 10.4 Å². The second kappa shape index (κ2) is 6.14. The van der Waals surface area contributed by atoms with E-state index < -0.39 is 5.54 Å². The second-order valence-corrected chi connectivity index (χ2v) is 6.30. The van der Waals surface area contributed by atoms with Gasteiger partial charge < -0.3 is 11.1 Å². The number of primary amides is 1. The van der Waals surface area contributed by atoms with E-state index in [-0.39, 0.29) is 5.91 Å². The third kappa shape index (κ3) is 3.96. The number of carbonyl (C=O) groups is 1. The Morgan fingerprint density at radius 2 is 2.30 bits per heavy atom. The molecule has 1 aliphatic rings. The molecule has 1 saturated carbocycles. The minimum Gasteiger partial charge on any atom is -0.368 e. The topological polar surface area (TPSA) is 72.9 Å². The molecule has 6 heteroatoms. The Morgan fingerprint density at radius 3 is 2.80 bits per heavy atom. The molecule has 3 N–H and O–H groups in total. The average Bonchev–Trinajstić information content (AvgIpc) is 3.11.